The maximum Gasteiger partial charge on any atom is 0.119 e. The smallest absolute Gasteiger partial charge is 0.119 e. The van der Waals surface area contributed by atoms with Crippen LogP contribution in [0.4, 0.5) is 34.1 Å². The summed E-state index contributed by atoms with van der Waals surface area (Å²) in [7, 11) is 0. The molecule has 0 saturated heterocycles. The number of halogens is 5. The van der Waals surface area contributed by atoms with E-state index >= 15 is 0 Å². The van der Waals surface area contributed by atoms with Crippen molar-refractivity contribution in [3.05, 3.63) is 163 Å². The molecule has 49 heavy (non-hydrogen) atoms. The maximum absolute atomic E-state index is 9.52. The lowest BCUT2D eigenvalue weighted by Crippen LogP contribution is -2.09. The van der Waals surface area contributed by atoms with E-state index in [1.807, 2.05) is 48.5 Å². The molecule has 0 saturated carbocycles. The molecule has 0 aliphatic heterocycles. The van der Waals surface area contributed by atoms with Gasteiger partial charge in [-0.05, 0) is 158 Å². The van der Waals surface area contributed by atoms with Gasteiger partial charge in [-0.2, -0.15) is 0 Å². The average molecular weight is 973 g/mol. The molecule has 6 rings (SSSR count). The minimum Gasteiger partial charge on any atom is -0.508 e. The number of alkyl halides is 1. The predicted octanol–water partition coefficient (Wildman–Crippen LogP) is 14.6. The number of phenols is 1. The number of phenolic OH excluding ortho intramolecular Hbond substituents is 1. The highest BCUT2D eigenvalue weighted by molar-refractivity contribution is 9.11. The number of benzene rings is 6. The van der Waals surface area contributed by atoms with Crippen LogP contribution in [0, 0.1) is 0 Å². The van der Waals surface area contributed by atoms with Crippen LogP contribution in [0.5, 0.6) is 11.5 Å². The molecule has 0 amide bonds. The predicted molar refractivity (Wildman–Crippen MR) is 223 cm³/mol. The largest absolute Gasteiger partial charge is 0.508 e. The first-order valence-corrected chi connectivity index (χ1v) is 19.8. The third kappa shape index (κ3) is 11.0. The van der Waals surface area contributed by atoms with Crippen LogP contribution in [0.1, 0.15) is 12.8 Å². The Morgan fingerprint density at radius 3 is 1.00 bits per heavy atom. The standard InChI is InChI=1S/C22H20Br3NO.C18H13Br2NO/c23-15-1-2-16-27-22-13-11-21(12-14-22)26(19-7-3-17(24)4-8-19)20-9-5-18(25)6-10-20;19-13-1-5-15(6-2-13)21(16-7-3-14(20)4-8-16)17-9-11-18(22)12-10-17/h3-14H,1-2,15-16H2;1-12,22H. The second-order valence-corrected chi connectivity index (χ2v) is 15.3. The second kappa shape index (κ2) is 18.8. The maximum atomic E-state index is 9.52. The van der Waals surface area contributed by atoms with Crippen molar-refractivity contribution < 1.29 is 9.84 Å². The van der Waals surface area contributed by atoms with Gasteiger partial charge in [0.1, 0.15) is 11.5 Å². The first-order valence-electron chi connectivity index (χ1n) is 15.5. The van der Waals surface area contributed by atoms with E-state index < -0.39 is 0 Å². The summed E-state index contributed by atoms with van der Waals surface area (Å²) in [6.07, 6.45) is 2.18. The van der Waals surface area contributed by atoms with Crippen LogP contribution in [-0.4, -0.2) is 17.0 Å². The molecule has 0 aromatic heterocycles. The van der Waals surface area contributed by atoms with E-state index in [0.29, 0.717) is 0 Å². The molecule has 0 bridgehead atoms. The van der Waals surface area contributed by atoms with Gasteiger partial charge >= 0.3 is 0 Å². The summed E-state index contributed by atoms with van der Waals surface area (Å²) in [6.45, 7) is 0.744. The van der Waals surface area contributed by atoms with Gasteiger partial charge in [0.2, 0.25) is 0 Å². The summed E-state index contributed by atoms with van der Waals surface area (Å²) in [4.78, 5) is 4.37. The van der Waals surface area contributed by atoms with Crippen molar-refractivity contribution in [1.82, 2.24) is 0 Å². The van der Waals surface area contributed by atoms with Crippen molar-refractivity contribution in [3.8, 4) is 11.5 Å². The summed E-state index contributed by atoms with van der Waals surface area (Å²) in [5.41, 5.74) is 6.39. The van der Waals surface area contributed by atoms with Gasteiger partial charge in [-0.15, -0.1) is 0 Å². The Morgan fingerprint density at radius 2 is 0.694 bits per heavy atom. The zero-order valence-corrected chi connectivity index (χ0v) is 34.3. The van der Waals surface area contributed by atoms with Crippen LogP contribution in [0.25, 0.3) is 0 Å². The Hall–Kier alpha value is -3.08. The van der Waals surface area contributed by atoms with Crippen molar-refractivity contribution in [2.75, 3.05) is 21.7 Å². The van der Waals surface area contributed by atoms with Crippen LogP contribution in [-0.2, 0) is 0 Å². The topological polar surface area (TPSA) is 35.9 Å². The molecule has 6 aromatic rings. The van der Waals surface area contributed by atoms with Crippen molar-refractivity contribution >= 4 is 114 Å². The Labute approximate surface area is 330 Å². The molecule has 0 atom stereocenters. The fourth-order valence-corrected chi connectivity index (χ4v) is 6.39. The fourth-order valence-electron chi connectivity index (χ4n) is 4.93. The molecular weight excluding hydrogens is 940 g/mol. The SMILES string of the molecule is BrCCCCOc1ccc(N(c2ccc(Br)cc2)c2ccc(Br)cc2)cc1.Oc1ccc(N(c2ccc(Br)cc2)c2ccc(Br)cc2)cc1. The zero-order valence-electron chi connectivity index (χ0n) is 26.3. The highest BCUT2D eigenvalue weighted by atomic mass is 79.9. The Morgan fingerprint density at radius 1 is 0.408 bits per heavy atom. The summed E-state index contributed by atoms with van der Waals surface area (Å²) >= 11 is 17.4. The fraction of sp³-hybridized carbons (Fsp3) is 0.100. The van der Waals surface area contributed by atoms with Crippen LogP contribution < -0.4 is 14.5 Å². The number of nitrogens with zero attached hydrogens (tertiary/aromatic N) is 2. The number of hydrogen-bond donors (Lipinski definition) is 1. The van der Waals surface area contributed by atoms with E-state index in [0.717, 1.165) is 82.5 Å². The van der Waals surface area contributed by atoms with E-state index in [1.54, 1.807) is 12.1 Å². The summed E-state index contributed by atoms with van der Waals surface area (Å²) in [6, 6.07) is 48.4. The van der Waals surface area contributed by atoms with Crippen LogP contribution in [0.15, 0.2) is 163 Å². The molecule has 0 aliphatic rings. The Balaban J connectivity index is 0.000000195. The highest BCUT2D eigenvalue weighted by Crippen LogP contribution is 2.37. The Kier molecular flexibility index (Phi) is 14.3. The molecule has 0 unspecified atom stereocenters. The summed E-state index contributed by atoms with van der Waals surface area (Å²) in [5.74, 6) is 1.16. The highest BCUT2D eigenvalue weighted by Gasteiger charge is 2.14. The van der Waals surface area contributed by atoms with E-state index in [1.165, 1.54) is 0 Å². The monoisotopic (exact) mass is 968 g/mol. The zero-order chi connectivity index (χ0) is 34.6. The van der Waals surface area contributed by atoms with Gasteiger partial charge in [-0.3, -0.25) is 0 Å². The summed E-state index contributed by atoms with van der Waals surface area (Å²) in [5, 5.41) is 10.5. The number of hydrogen-bond acceptors (Lipinski definition) is 4. The number of rotatable bonds is 11. The normalized spacial score (nSPS) is 10.6. The molecule has 0 fully saturated rings. The quantitative estimate of drug-likeness (QED) is 0.104. The van der Waals surface area contributed by atoms with E-state index in [2.05, 4.69) is 174 Å². The minimum absolute atomic E-state index is 0.260. The molecule has 0 aliphatic carbocycles. The average Bonchev–Trinajstić information content (AvgIpc) is 3.12. The number of unbranched alkanes of at least 4 members (excludes halogenated alkanes) is 1. The molecule has 6 aromatic carbocycles. The molecule has 4 nitrogen and oxygen atoms in total. The van der Waals surface area contributed by atoms with Crippen molar-refractivity contribution in [1.29, 1.82) is 0 Å². The first-order chi connectivity index (χ1) is 23.8. The third-order valence-electron chi connectivity index (χ3n) is 7.34. The van der Waals surface area contributed by atoms with Gasteiger partial charge in [0.25, 0.3) is 0 Å². The lowest BCUT2D eigenvalue weighted by molar-refractivity contribution is 0.310. The number of anilines is 6. The Bertz CT molecular complexity index is 1710. The van der Waals surface area contributed by atoms with Crippen LogP contribution in [0.3, 0.4) is 0 Å². The van der Waals surface area contributed by atoms with Gasteiger partial charge in [0.15, 0.2) is 0 Å². The van der Waals surface area contributed by atoms with E-state index in [9.17, 15) is 5.11 Å². The summed E-state index contributed by atoms with van der Waals surface area (Å²) < 4.78 is 10.0. The number of aromatic hydroxyl groups is 1. The van der Waals surface area contributed by atoms with Crippen LogP contribution in [0.2, 0.25) is 0 Å². The minimum atomic E-state index is 0.260. The van der Waals surface area contributed by atoms with Gasteiger partial charge < -0.3 is 19.6 Å². The molecule has 0 heterocycles. The van der Waals surface area contributed by atoms with Crippen LogP contribution >= 0.6 is 79.6 Å². The molecule has 0 radical (unpaired) electrons. The van der Waals surface area contributed by atoms with Crippen molar-refractivity contribution in [3.63, 3.8) is 0 Å². The van der Waals surface area contributed by atoms with Gasteiger partial charge in [0, 0.05) is 57.3 Å². The lowest BCUT2D eigenvalue weighted by atomic mass is 10.2. The molecule has 1 N–H and O–H groups in total. The van der Waals surface area contributed by atoms with E-state index in [4.69, 9.17) is 4.74 Å². The lowest BCUT2D eigenvalue weighted by Gasteiger charge is -2.25. The molecule has 0 spiro atoms. The van der Waals surface area contributed by atoms with E-state index in [-0.39, 0.29) is 5.75 Å². The van der Waals surface area contributed by atoms with Gasteiger partial charge in [0.05, 0.1) is 6.61 Å². The first kappa shape index (κ1) is 37.2. The van der Waals surface area contributed by atoms with Crippen molar-refractivity contribution in [2.24, 2.45) is 0 Å². The van der Waals surface area contributed by atoms with Crippen molar-refractivity contribution in [2.45, 2.75) is 12.8 Å². The number of ether oxygens (including phenoxy) is 1. The third-order valence-corrected chi connectivity index (χ3v) is 10.0. The second-order valence-electron chi connectivity index (χ2n) is 10.8. The molecular formula is C40H33Br5N2O2. The molecule has 9 heteroatoms. The molecule has 250 valence electrons. The van der Waals surface area contributed by atoms with Gasteiger partial charge in [-0.25, -0.2) is 0 Å². The van der Waals surface area contributed by atoms with Gasteiger partial charge in [-0.1, -0.05) is 79.6 Å².